The fraction of sp³-hybridized carbons (Fsp3) is 0.727. The van der Waals surface area contributed by atoms with Crippen LogP contribution >= 0.6 is 0 Å². The van der Waals surface area contributed by atoms with Crippen LogP contribution in [0.15, 0.2) is 0 Å². The summed E-state index contributed by atoms with van der Waals surface area (Å²) in [5.41, 5.74) is 0. The summed E-state index contributed by atoms with van der Waals surface area (Å²) in [5, 5.41) is 23.8. The molecule has 8 nitrogen and oxygen atoms in total. The summed E-state index contributed by atoms with van der Waals surface area (Å²) in [6.07, 6.45) is 0.115. The van der Waals surface area contributed by atoms with Crippen LogP contribution in [0.25, 0.3) is 0 Å². The average Bonchev–Trinajstić information content (AvgIpc) is 2.74. The van der Waals surface area contributed by atoms with Gasteiger partial charge in [-0.2, -0.15) is 0 Å². The smallest absolute Gasteiger partial charge is 0.326 e. The Balaban J connectivity index is 1.91. The van der Waals surface area contributed by atoms with Crippen molar-refractivity contribution < 1.29 is 24.6 Å². The molecule has 8 heteroatoms. The van der Waals surface area contributed by atoms with E-state index in [1.54, 1.807) is 0 Å². The molecule has 2 heterocycles. The van der Waals surface area contributed by atoms with Gasteiger partial charge in [0.25, 0.3) is 0 Å². The van der Waals surface area contributed by atoms with Crippen molar-refractivity contribution in [3.05, 3.63) is 0 Å². The van der Waals surface area contributed by atoms with Crippen LogP contribution < -0.4 is 10.6 Å². The summed E-state index contributed by atoms with van der Waals surface area (Å²) in [7, 11) is 0. The number of amides is 3. The molecule has 2 aliphatic heterocycles. The maximum absolute atomic E-state index is 12.0. The van der Waals surface area contributed by atoms with Crippen LogP contribution in [0.3, 0.4) is 0 Å². The van der Waals surface area contributed by atoms with Gasteiger partial charge in [0.05, 0.1) is 6.10 Å². The normalized spacial score (nSPS) is 30.9. The highest BCUT2D eigenvalue weighted by molar-refractivity contribution is 5.84. The van der Waals surface area contributed by atoms with Crippen LogP contribution in [0, 0.1) is 0 Å². The first-order chi connectivity index (χ1) is 8.97. The monoisotopic (exact) mass is 271 g/mol. The van der Waals surface area contributed by atoms with Crippen molar-refractivity contribution in [2.75, 3.05) is 13.1 Å². The highest BCUT2D eigenvalue weighted by Crippen LogP contribution is 2.18. The van der Waals surface area contributed by atoms with E-state index in [1.165, 1.54) is 0 Å². The molecule has 0 spiro atoms. The minimum Gasteiger partial charge on any atom is -0.480 e. The Hall–Kier alpha value is -1.83. The second kappa shape index (κ2) is 5.43. The third-order valence-electron chi connectivity index (χ3n) is 3.42. The molecule has 2 saturated heterocycles. The molecule has 0 radical (unpaired) electrons. The first kappa shape index (κ1) is 13.6. The zero-order valence-electron chi connectivity index (χ0n) is 10.3. The topological polar surface area (TPSA) is 119 Å². The lowest BCUT2D eigenvalue weighted by molar-refractivity contribution is -0.141. The summed E-state index contributed by atoms with van der Waals surface area (Å²) >= 11 is 0. The number of aliphatic hydroxyl groups is 1. The Bertz CT molecular complexity index is 390. The van der Waals surface area contributed by atoms with Crippen molar-refractivity contribution in [1.29, 1.82) is 0 Å². The number of hydrogen-bond acceptors (Lipinski definition) is 4. The number of nitrogens with one attached hydrogen (secondary N) is 2. The number of carboxylic acids is 1. The summed E-state index contributed by atoms with van der Waals surface area (Å²) in [5.74, 6) is -1.17. The lowest BCUT2D eigenvalue weighted by Crippen LogP contribution is -2.53. The van der Waals surface area contributed by atoms with E-state index in [4.69, 9.17) is 5.11 Å². The third kappa shape index (κ3) is 3.14. The molecule has 0 bridgehead atoms. The van der Waals surface area contributed by atoms with Crippen molar-refractivity contribution in [2.45, 2.75) is 37.5 Å². The number of carbonyl (C=O) groups is 3. The third-order valence-corrected chi connectivity index (χ3v) is 3.42. The SMILES string of the molecule is O=C1CCC(NC(=O)N2CC(O)CC2C(=O)O)CN1. The number of rotatable bonds is 2. The molecule has 2 aliphatic rings. The maximum Gasteiger partial charge on any atom is 0.326 e. The van der Waals surface area contributed by atoms with Gasteiger partial charge in [-0.25, -0.2) is 9.59 Å². The van der Waals surface area contributed by atoms with E-state index >= 15 is 0 Å². The highest BCUT2D eigenvalue weighted by Gasteiger charge is 2.39. The number of hydrogen-bond donors (Lipinski definition) is 4. The van der Waals surface area contributed by atoms with Gasteiger partial charge in [-0.15, -0.1) is 0 Å². The molecule has 0 aliphatic carbocycles. The highest BCUT2D eigenvalue weighted by atomic mass is 16.4. The largest absolute Gasteiger partial charge is 0.480 e. The van der Waals surface area contributed by atoms with E-state index in [0.717, 1.165) is 4.90 Å². The Morgan fingerprint density at radius 2 is 2.16 bits per heavy atom. The van der Waals surface area contributed by atoms with Crippen molar-refractivity contribution in [3.8, 4) is 0 Å². The number of piperidine rings is 1. The summed E-state index contributed by atoms with van der Waals surface area (Å²) in [4.78, 5) is 35.1. The number of nitrogens with zero attached hydrogens (tertiary/aromatic N) is 1. The van der Waals surface area contributed by atoms with Crippen LogP contribution in [-0.2, 0) is 9.59 Å². The minimum atomic E-state index is -1.12. The number of aliphatic hydroxyl groups excluding tert-OH is 1. The Kier molecular flexibility index (Phi) is 3.89. The Morgan fingerprint density at radius 3 is 2.74 bits per heavy atom. The fourth-order valence-corrected chi connectivity index (χ4v) is 2.39. The fourth-order valence-electron chi connectivity index (χ4n) is 2.39. The van der Waals surface area contributed by atoms with Crippen LogP contribution in [0.5, 0.6) is 0 Å². The van der Waals surface area contributed by atoms with Crippen molar-refractivity contribution in [2.24, 2.45) is 0 Å². The molecule has 0 aromatic rings. The number of carbonyl (C=O) groups excluding carboxylic acids is 2. The van der Waals surface area contributed by atoms with Crippen molar-refractivity contribution >= 4 is 17.9 Å². The molecule has 0 aromatic heterocycles. The lowest BCUT2D eigenvalue weighted by Gasteiger charge is -2.28. The molecule has 19 heavy (non-hydrogen) atoms. The van der Waals surface area contributed by atoms with Gasteiger partial charge in [0.1, 0.15) is 6.04 Å². The van der Waals surface area contributed by atoms with E-state index in [0.29, 0.717) is 19.4 Å². The number of likely N-dealkylation sites (tertiary alicyclic amines) is 1. The summed E-state index contributed by atoms with van der Waals surface area (Å²) in [6.45, 7) is 0.362. The molecule has 106 valence electrons. The second-order valence-electron chi connectivity index (χ2n) is 4.89. The number of β-amino-alcohol motifs (C(OH)–C–C–N with tert-alkyl or cyclic N) is 1. The van der Waals surface area contributed by atoms with Gasteiger partial charge in [-0.3, -0.25) is 4.79 Å². The molecule has 4 N–H and O–H groups in total. The van der Waals surface area contributed by atoms with E-state index < -0.39 is 24.1 Å². The zero-order valence-corrected chi connectivity index (χ0v) is 10.3. The van der Waals surface area contributed by atoms with E-state index in [9.17, 15) is 19.5 Å². The van der Waals surface area contributed by atoms with Crippen LogP contribution in [-0.4, -0.2) is 64.3 Å². The molecule has 3 amide bonds. The van der Waals surface area contributed by atoms with Gasteiger partial charge in [-0.05, 0) is 6.42 Å². The predicted molar refractivity (Wildman–Crippen MR) is 63.3 cm³/mol. The van der Waals surface area contributed by atoms with Gasteiger partial charge in [0.2, 0.25) is 5.91 Å². The van der Waals surface area contributed by atoms with Gasteiger partial charge in [0.15, 0.2) is 0 Å². The predicted octanol–water partition coefficient (Wildman–Crippen LogP) is -1.51. The molecular formula is C11H17N3O5. The molecule has 3 atom stereocenters. The van der Waals surface area contributed by atoms with E-state index in [2.05, 4.69) is 10.6 Å². The molecule has 2 fully saturated rings. The van der Waals surface area contributed by atoms with Crippen LogP contribution in [0.1, 0.15) is 19.3 Å². The average molecular weight is 271 g/mol. The Morgan fingerprint density at radius 1 is 1.42 bits per heavy atom. The van der Waals surface area contributed by atoms with Gasteiger partial charge in [-0.1, -0.05) is 0 Å². The molecule has 0 saturated carbocycles. The molecule has 2 rings (SSSR count). The second-order valence-corrected chi connectivity index (χ2v) is 4.89. The number of urea groups is 1. The standard InChI is InChI=1S/C11H17N3O5/c15-7-3-8(10(17)18)14(5-7)11(19)13-6-1-2-9(16)12-4-6/h6-8,15H,1-5H2,(H,12,16)(H,13,19)(H,17,18). The number of aliphatic carboxylic acids is 1. The van der Waals surface area contributed by atoms with Crippen molar-refractivity contribution in [1.82, 2.24) is 15.5 Å². The lowest BCUT2D eigenvalue weighted by atomic mass is 10.1. The molecular weight excluding hydrogens is 254 g/mol. The minimum absolute atomic E-state index is 0.0158. The van der Waals surface area contributed by atoms with E-state index in [-0.39, 0.29) is 24.9 Å². The van der Waals surface area contributed by atoms with Gasteiger partial charge >= 0.3 is 12.0 Å². The van der Waals surface area contributed by atoms with Gasteiger partial charge in [0, 0.05) is 32.0 Å². The first-order valence-corrected chi connectivity index (χ1v) is 6.22. The Labute approximate surface area is 109 Å². The van der Waals surface area contributed by atoms with Gasteiger partial charge < -0.3 is 25.7 Å². The van der Waals surface area contributed by atoms with E-state index in [1.807, 2.05) is 0 Å². The maximum atomic E-state index is 12.0. The van der Waals surface area contributed by atoms with Crippen molar-refractivity contribution in [3.63, 3.8) is 0 Å². The quantitative estimate of drug-likeness (QED) is 0.487. The summed E-state index contributed by atoms with van der Waals surface area (Å²) in [6, 6.07) is -1.70. The van der Waals surface area contributed by atoms with Crippen LogP contribution in [0.2, 0.25) is 0 Å². The first-order valence-electron chi connectivity index (χ1n) is 6.22. The summed E-state index contributed by atoms with van der Waals surface area (Å²) < 4.78 is 0. The molecule has 3 unspecified atom stereocenters. The zero-order chi connectivity index (χ0) is 14.0. The van der Waals surface area contributed by atoms with Crippen LogP contribution in [0.4, 0.5) is 4.79 Å². The number of carboxylic acid groups (broad SMARTS) is 1. The molecule has 0 aromatic carbocycles.